The Morgan fingerprint density at radius 1 is 1.32 bits per heavy atom. The summed E-state index contributed by atoms with van der Waals surface area (Å²) in [6.07, 6.45) is 1.40. The van der Waals surface area contributed by atoms with Gasteiger partial charge in [0, 0.05) is 18.2 Å². The van der Waals surface area contributed by atoms with Crippen LogP contribution in [0.4, 0.5) is 5.95 Å². The number of imidazole rings is 1. The maximum absolute atomic E-state index is 13.7. The number of benzene rings is 1. The Labute approximate surface area is 241 Å². The average molecular weight is 613 g/mol. The van der Waals surface area contributed by atoms with Crippen molar-refractivity contribution < 1.29 is 28.3 Å². The quantitative estimate of drug-likeness (QED) is 0.143. The van der Waals surface area contributed by atoms with E-state index in [9.17, 15) is 14.5 Å². The lowest BCUT2D eigenvalue weighted by molar-refractivity contribution is -0.119. The van der Waals surface area contributed by atoms with Gasteiger partial charge in [-0.15, -0.1) is 0 Å². The summed E-state index contributed by atoms with van der Waals surface area (Å²) in [5.41, 5.74) is 6.71. The van der Waals surface area contributed by atoms with Crippen LogP contribution >= 0.6 is 31.1 Å². The number of aliphatic hydroxyl groups excluding tert-OH is 1. The number of fused-ring (bicyclic) bond motifs is 1. The van der Waals surface area contributed by atoms with E-state index in [0.717, 1.165) is 17.3 Å². The molecule has 0 bridgehead atoms. The molecule has 15 heteroatoms. The summed E-state index contributed by atoms with van der Waals surface area (Å²) < 4.78 is 33.2. The molecule has 3 heterocycles. The van der Waals surface area contributed by atoms with Gasteiger partial charge in [0.1, 0.15) is 11.7 Å². The van der Waals surface area contributed by atoms with Crippen LogP contribution in [-0.4, -0.2) is 61.4 Å². The first-order chi connectivity index (χ1) is 19.0. The number of thioether (sulfide) groups is 1. The van der Waals surface area contributed by atoms with Gasteiger partial charge in [0.15, 0.2) is 15.9 Å². The van der Waals surface area contributed by atoms with Crippen molar-refractivity contribution in [3.8, 4) is 0 Å². The first-order valence-corrected chi connectivity index (χ1v) is 15.7. The number of nitrogen functional groups attached to an aromatic ring is 1. The van der Waals surface area contributed by atoms with Crippen molar-refractivity contribution in [3.05, 3.63) is 47.4 Å². The predicted octanol–water partition coefficient (Wildman–Crippen LogP) is 4.19. The molecule has 0 saturated carbocycles. The van der Waals surface area contributed by atoms with E-state index in [1.54, 1.807) is 24.7 Å². The lowest BCUT2D eigenvalue weighted by Crippen LogP contribution is -2.26. The highest BCUT2D eigenvalue weighted by Gasteiger charge is 2.37. The van der Waals surface area contributed by atoms with Crippen molar-refractivity contribution in [2.75, 3.05) is 31.3 Å². The number of hydrogen-bond acceptors (Lipinski definition) is 11. The number of nitrogens with two attached hydrogens (primary N) is 1. The minimum Gasteiger partial charge on any atom is -0.395 e. The van der Waals surface area contributed by atoms with Gasteiger partial charge in [-0.3, -0.25) is 18.4 Å². The molecule has 0 radical (unpaired) electrons. The van der Waals surface area contributed by atoms with E-state index in [1.165, 1.54) is 0 Å². The summed E-state index contributed by atoms with van der Waals surface area (Å²) in [4.78, 5) is 24.8. The van der Waals surface area contributed by atoms with Crippen molar-refractivity contribution in [1.29, 1.82) is 0 Å². The molecule has 1 aromatic carbocycles. The van der Waals surface area contributed by atoms with Crippen LogP contribution < -0.4 is 10.8 Å². The molecule has 2 aromatic heterocycles. The highest BCUT2D eigenvalue weighted by Crippen LogP contribution is 2.46. The normalized spacial score (nSPS) is 21.1. The van der Waals surface area contributed by atoms with Crippen LogP contribution in [0.1, 0.15) is 39.0 Å². The predicted molar refractivity (Wildman–Crippen MR) is 154 cm³/mol. The second-order valence-corrected chi connectivity index (χ2v) is 13.4. The number of nitrogens with zero attached hydrogens (tertiary/aromatic N) is 4. The van der Waals surface area contributed by atoms with Crippen LogP contribution in [0, 0.1) is 11.3 Å². The summed E-state index contributed by atoms with van der Waals surface area (Å²) in [5, 5.41) is 12.3. The van der Waals surface area contributed by atoms with Gasteiger partial charge in [0.25, 0.3) is 0 Å². The van der Waals surface area contributed by atoms with Crippen molar-refractivity contribution >= 4 is 53.3 Å². The monoisotopic (exact) mass is 612 g/mol. The number of anilines is 1. The van der Waals surface area contributed by atoms with Gasteiger partial charge in [0.05, 0.1) is 37.7 Å². The van der Waals surface area contributed by atoms with Gasteiger partial charge in [-0.2, -0.15) is 9.97 Å². The lowest BCUT2D eigenvalue weighted by Gasteiger charge is -2.22. The molecule has 0 spiro atoms. The SMILES string of the molecule is C[C@H]1C[C@@H](COP(=O)(NCc2ccccc2)OCCSC(=O)C(C)(C)CO)O[C@H]1n1cnc2c(Cl)nc(N)nc21. The Hall–Kier alpha value is -2.09. The van der Waals surface area contributed by atoms with Crippen molar-refractivity contribution in [2.45, 2.75) is 46.1 Å². The highest BCUT2D eigenvalue weighted by molar-refractivity contribution is 8.13. The molecule has 0 amide bonds. The molecule has 3 aromatic rings. The second-order valence-electron chi connectivity index (χ2n) is 10.2. The first kappa shape index (κ1) is 30.9. The molecule has 1 unspecified atom stereocenters. The van der Waals surface area contributed by atoms with Gasteiger partial charge in [-0.1, -0.05) is 60.6 Å². The zero-order valence-electron chi connectivity index (χ0n) is 22.5. The molecular weight excluding hydrogens is 579 g/mol. The molecule has 4 N–H and O–H groups in total. The topological polar surface area (TPSA) is 164 Å². The molecular formula is C25H34ClN6O6PS. The zero-order chi connectivity index (χ0) is 28.9. The van der Waals surface area contributed by atoms with Crippen molar-refractivity contribution in [2.24, 2.45) is 11.3 Å². The smallest absolute Gasteiger partial charge is 0.395 e. The van der Waals surface area contributed by atoms with E-state index in [-0.39, 0.29) is 60.4 Å². The average Bonchev–Trinajstić information content (AvgIpc) is 3.52. The summed E-state index contributed by atoms with van der Waals surface area (Å²) in [5.74, 6) is 0.339. The minimum absolute atomic E-state index is 0.00441. The largest absolute Gasteiger partial charge is 0.405 e. The number of carbonyl (C=O) groups excluding carboxylic acids is 1. The van der Waals surface area contributed by atoms with Crippen LogP contribution in [0.5, 0.6) is 0 Å². The molecule has 218 valence electrons. The van der Waals surface area contributed by atoms with Crippen LogP contribution in [0.3, 0.4) is 0 Å². The van der Waals surface area contributed by atoms with E-state index in [1.807, 2.05) is 37.3 Å². The van der Waals surface area contributed by atoms with E-state index in [0.29, 0.717) is 17.6 Å². The molecule has 40 heavy (non-hydrogen) atoms. The highest BCUT2D eigenvalue weighted by atomic mass is 35.5. The fourth-order valence-electron chi connectivity index (χ4n) is 4.09. The van der Waals surface area contributed by atoms with Crippen LogP contribution in [0.25, 0.3) is 11.2 Å². The molecule has 1 aliphatic heterocycles. The number of hydrogen-bond donors (Lipinski definition) is 3. The second kappa shape index (κ2) is 13.3. The maximum atomic E-state index is 13.7. The number of rotatable bonds is 13. The number of aliphatic hydroxyl groups is 1. The Bertz CT molecular complexity index is 1360. The molecule has 1 aliphatic rings. The third kappa shape index (κ3) is 7.59. The summed E-state index contributed by atoms with van der Waals surface area (Å²) in [6, 6.07) is 9.45. The Morgan fingerprint density at radius 3 is 2.80 bits per heavy atom. The van der Waals surface area contributed by atoms with Crippen LogP contribution in [-0.2, 0) is 29.7 Å². The Morgan fingerprint density at radius 2 is 2.08 bits per heavy atom. The van der Waals surface area contributed by atoms with Gasteiger partial charge < -0.3 is 15.6 Å². The molecule has 0 aliphatic carbocycles. The Balaban J connectivity index is 1.39. The maximum Gasteiger partial charge on any atom is 0.405 e. The van der Waals surface area contributed by atoms with Gasteiger partial charge in [-0.05, 0) is 25.8 Å². The standard InChI is InChI=1S/C25H34ClN6O6PS/c1-16-11-18(38-22(16)32-15-28-19-20(26)30-24(27)31-21(19)32)13-37-39(35,29-12-17-7-5-4-6-8-17)36-9-10-40-23(34)25(2,3)14-33/h4-8,15-16,18,22,33H,9-14H2,1-3H3,(H,29,35)(H2,27,30,31)/t16-,18-,22+,39?/m0/s1. The molecule has 1 saturated heterocycles. The van der Waals surface area contributed by atoms with Gasteiger partial charge >= 0.3 is 7.75 Å². The fraction of sp³-hybridized carbons (Fsp3) is 0.520. The summed E-state index contributed by atoms with van der Waals surface area (Å²) in [7, 11) is -3.77. The zero-order valence-corrected chi connectivity index (χ0v) is 25.0. The molecule has 1 fully saturated rings. The number of aromatic nitrogens is 4. The van der Waals surface area contributed by atoms with E-state index < -0.39 is 19.4 Å². The Kier molecular flexibility index (Phi) is 10.2. The molecule has 12 nitrogen and oxygen atoms in total. The third-order valence-electron chi connectivity index (χ3n) is 6.40. The minimum atomic E-state index is -3.77. The number of nitrogens with one attached hydrogen (secondary N) is 1. The van der Waals surface area contributed by atoms with E-state index in [2.05, 4.69) is 20.0 Å². The third-order valence-corrected chi connectivity index (χ3v) is 9.41. The van der Waals surface area contributed by atoms with Crippen molar-refractivity contribution in [1.82, 2.24) is 24.6 Å². The first-order valence-electron chi connectivity index (χ1n) is 12.8. The van der Waals surface area contributed by atoms with Gasteiger partial charge in [-0.25, -0.2) is 14.6 Å². The molecule has 4 rings (SSSR count). The van der Waals surface area contributed by atoms with Crippen LogP contribution in [0.2, 0.25) is 5.15 Å². The molecule has 4 atom stereocenters. The number of ether oxygens (including phenoxy) is 1. The van der Waals surface area contributed by atoms with E-state index >= 15 is 0 Å². The lowest BCUT2D eigenvalue weighted by atomic mass is 9.97. The van der Waals surface area contributed by atoms with E-state index in [4.69, 9.17) is 31.1 Å². The van der Waals surface area contributed by atoms with Crippen molar-refractivity contribution in [3.63, 3.8) is 0 Å². The number of carbonyl (C=O) groups is 1. The van der Waals surface area contributed by atoms with Crippen LogP contribution in [0.15, 0.2) is 36.7 Å². The summed E-state index contributed by atoms with van der Waals surface area (Å²) in [6.45, 7) is 5.36. The fourth-order valence-corrected chi connectivity index (χ4v) is 6.57. The summed E-state index contributed by atoms with van der Waals surface area (Å²) >= 11 is 7.19. The number of halogens is 1. The van der Waals surface area contributed by atoms with Gasteiger partial charge in [0.2, 0.25) is 5.95 Å².